The fourth-order valence-corrected chi connectivity index (χ4v) is 5.34. The molecule has 0 radical (unpaired) electrons. The zero-order valence-corrected chi connectivity index (χ0v) is 18.0. The van der Waals surface area contributed by atoms with Crippen molar-refractivity contribution in [2.45, 2.75) is 45.4 Å². The van der Waals surface area contributed by atoms with Crippen molar-refractivity contribution in [1.82, 2.24) is 14.1 Å². The predicted molar refractivity (Wildman–Crippen MR) is 109 cm³/mol. The minimum Gasteiger partial charge on any atom is -0.312 e. The lowest BCUT2D eigenvalue weighted by Crippen LogP contribution is -2.31. The van der Waals surface area contributed by atoms with E-state index >= 15 is 0 Å². The fraction of sp³-hybridized carbons (Fsp3) is 0.500. The number of hydrogen-bond donors (Lipinski definition) is 0. The Morgan fingerprint density at radius 1 is 1.21 bits per heavy atom. The molecule has 0 saturated heterocycles. The number of anilines is 1. The van der Waals surface area contributed by atoms with Crippen molar-refractivity contribution in [1.29, 1.82) is 0 Å². The first-order valence-electron chi connectivity index (χ1n) is 9.63. The van der Waals surface area contributed by atoms with Gasteiger partial charge >= 0.3 is 0 Å². The molecule has 3 rings (SSSR count). The van der Waals surface area contributed by atoms with Crippen LogP contribution in [0.5, 0.6) is 0 Å². The molecule has 0 spiro atoms. The van der Waals surface area contributed by atoms with E-state index in [4.69, 9.17) is 0 Å². The van der Waals surface area contributed by atoms with Crippen molar-refractivity contribution in [3.05, 3.63) is 40.7 Å². The molecule has 7 nitrogen and oxygen atoms in total. The van der Waals surface area contributed by atoms with E-state index in [1.807, 2.05) is 34.7 Å². The topological polar surface area (TPSA) is 75.5 Å². The van der Waals surface area contributed by atoms with Crippen LogP contribution in [0.2, 0.25) is 0 Å². The maximum Gasteiger partial charge on any atom is 0.243 e. The van der Waals surface area contributed by atoms with Crippen LogP contribution in [0.15, 0.2) is 23.1 Å². The van der Waals surface area contributed by atoms with Crippen LogP contribution in [0.25, 0.3) is 0 Å². The molecule has 2 aromatic rings. The number of aryl methyl sites for hydroxylation is 2. The smallest absolute Gasteiger partial charge is 0.243 e. The Labute approximate surface area is 167 Å². The summed E-state index contributed by atoms with van der Waals surface area (Å²) in [6, 6.07) is 5.09. The number of fused-ring (bicyclic) bond motifs is 1. The number of hydrogen-bond acceptors (Lipinski definition) is 4. The van der Waals surface area contributed by atoms with Crippen molar-refractivity contribution < 1.29 is 13.2 Å². The van der Waals surface area contributed by atoms with Gasteiger partial charge in [-0.15, -0.1) is 0 Å². The van der Waals surface area contributed by atoms with Crippen molar-refractivity contribution in [3.63, 3.8) is 0 Å². The molecule has 0 bridgehead atoms. The Kier molecular flexibility index (Phi) is 5.63. The SMILES string of the molecule is CCN(CC)S(=O)(=O)c1ccc2c(c1)CCN2C(=O)Cc1c(C)nn(C)c1C. The molecule has 1 aromatic heterocycles. The summed E-state index contributed by atoms with van der Waals surface area (Å²) < 4.78 is 28.8. The van der Waals surface area contributed by atoms with Gasteiger partial charge in [0.1, 0.15) is 0 Å². The van der Waals surface area contributed by atoms with Gasteiger partial charge in [-0.05, 0) is 44.0 Å². The monoisotopic (exact) mass is 404 g/mol. The average molecular weight is 405 g/mol. The van der Waals surface area contributed by atoms with Gasteiger partial charge in [0.15, 0.2) is 0 Å². The molecule has 0 N–H and O–H groups in total. The second kappa shape index (κ2) is 7.67. The highest BCUT2D eigenvalue weighted by molar-refractivity contribution is 7.89. The standard InChI is InChI=1S/C20H28N4O3S/c1-6-23(7-2)28(26,27)17-8-9-19-16(12-17)10-11-24(19)20(25)13-18-14(3)21-22(5)15(18)4/h8-9,12H,6-7,10-11,13H2,1-5H3. The van der Waals surface area contributed by atoms with Crippen LogP contribution in [-0.4, -0.2) is 48.0 Å². The van der Waals surface area contributed by atoms with Crippen LogP contribution in [0.4, 0.5) is 5.69 Å². The first kappa shape index (κ1) is 20.5. The Bertz CT molecular complexity index is 1010. The Hall–Kier alpha value is -2.19. The number of amides is 1. The molecule has 28 heavy (non-hydrogen) atoms. The van der Waals surface area contributed by atoms with Crippen molar-refractivity contribution in [3.8, 4) is 0 Å². The van der Waals surface area contributed by atoms with Gasteiger partial charge in [0, 0.05) is 43.6 Å². The lowest BCUT2D eigenvalue weighted by molar-refractivity contribution is -0.117. The summed E-state index contributed by atoms with van der Waals surface area (Å²) >= 11 is 0. The molecular weight excluding hydrogens is 376 g/mol. The maximum absolute atomic E-state index is 12.9. The quantitative estimate of drug-likeness (QED) is 0.740. The van der Waals surface area contributed by atoms with Gasteiger partial charge in [-0.1, -0.05) is 13.8 Å². The molecule has 1 aliphatic heterocycles. The molecule has 1 amide bonds. The second-order valence-electron chi connectivity index (χ2n) is 7.12. The molecule has 0 atom stereocenters. The minimum absolute atomic E-state index is 0.0114. The number of sulfonamides is 1. The van der Waals surface area contributed by atoms with Gasteiger partial charge in [0.05, 0.1) is 17.0 Å². The first-order valence-corrected chi connectivity index (χ1v) is 11.1. The van der Waals surface area contributed by atoms with E-state index in [-0.39, 0.29) is 5.91 Å². The van der Waals surface area contributed by atoms with Crippen LogP contribution in [0.1, 0.15) is 36.4 Å². The Morgan fingerprint density at radius 2 is 1.89 bits per heavy atom. The molecule has 1 aliphatic rings. The number of carbonyl (C=O) groups is 1. The summed E-state index contributed by atoms with van der Waals surface area (Å²) in [6.07, 6.45) is 0.956. The van der Waals surface area contributed by atoms with Crippen LogP contribution in [-0.2, 0) is 34.7 Å². The van der Waals surface area contributed by atoms with Crippen LogP contribution >= 0.6 is 0 Å². The lowest BCUT2D eigenvalue weighted by atomic mass is 10.1. The molecule has 8 heteroatoms. The number of rotatable bonds is 6. The zero-order valence-electron chi connectivity index (χ0n) is 17.2. The molecule has 0 aliphatic carbocycles. The highest BCUT2D eigenvalue weighted by Gasteiger charge is 2.29. The van der Waals surface area contributed by atoms with E-state index in [9.17, 15) is 13.2 Å². The minimum atomic E-state index is -3.50. The van der Waals surface area contributed by atoms with Gasteiger partial charge in [0.25, 0.3) is 0 Å². The van der Waals surface area contributed by atoms with Crippen molar-refractivity contribution in [2.75, 3.05) is 24.5 Å². The molecule has 152 valence electrons. The predicted octanol–water partition coefficient (Wildman–Crippen LogP) is 2.20. The summed E-state index contributed by atoms with van der Waals surface area (Å²) in [7, 11) is -1.62. The van der Waals surface area contributed by atoms with Crippen LogP contribution in [0, 0.1) is 13.8 Å². The van der Waals surface area contributed by atoms with E-state index in [0.717, 1.165) is 28.2 Å². The number of aromatic nitrogens is 2. The van der Waals surface area contributed by atoms with Gasteiger partial charge in [-0.2, -0.15) is 9.40 Å². The highest BCUT2D eigenvalue weighted by Crippen LogP contribution is 2.32. The van der Waals surface area contributed by atoms with Crippen LogP contribution in [0.3, 0.4) is 0 Å². The summed E-state index contributed by atoms with van der Waals surface area (Å²) in [5, 5.41) is 4.38. The summed E-state index contributed by atoms with van der Waals surface area (Å²) in [4.78, 5) is 15.0. The van der Waals surface area contributed by atoms with E-state index < -0.39 is 10.0 Å². The number of benzene rings is 1. The van der Waals surface area contributed by atoms with Crippen molar-refractivity contribution in [2.24, 2.45) is 7.05 Å². The molecule has 0 saturated carbocycles. The molecule has 0 fully saturated rings. The Balaban J connectivity index is 1.86. The van der Waals surface area contributed by atoms with Crippen molar-refractivity contribution >= 4 is 21.6 Å². The third-order valence-electron chi connectivity index (χ3n) is 5.58. The van der Waals surface area contributed by atoms with E-state index in [1.54, 1.807) is 27.8 Å². The van der Waals surface area contributed by atoms with E-state index in [1.165, 1.54) is 4.31 Å². The molecule has 1 aromatic carbocycles. The van der Waals surface area contributed by atoms with E-state index in [0.29, 0.717) is 37.4 Å². The Morgan fingerprint density at radius 3 is 2.46 bits per heavy atom. The van der Waals surface area contributed by atoms with Gasteiger partial charge < -0.3 is 4.90 Å². The summed E-state index contributed by atoms with van der Waals surface area (Å²) in [5.41, 5.74) is 4.53. The van der Waals surface area contributed by atoms with E-state index in [2.05, 4.69) is 5.10 Å². The number of carbonyl (C=O) groups excluding carboxylic acids is 1. The first-order chi connectivity index (χ1) is 13.2. The molecular formula is C20H28N4O3S. The molecule has 0 unspecified atom stereocenters. The fourth-order valence-electron chi connectivity index (χ4n) is 3.83. The third-order valence-corrected chi connectivity index (χ3v) is 7.62. The maximum atomic E-state index is 12.9. The van der Waals surface area contributed by atoms with Gasteiger partial charge in [0.2, 0.25) is 15.9 Å². The third kappa shape index (κ3) is 3.46. The highest BCUT2D eigenvalue weighted by atomic mass is 32.2. The second-order valence-corrected chi connectivity index (χ2v) is 9.06. The number of nitrogens with zero attached hydrogens (tertiary/aromatic N) is 4. The summed E-state index contributed by atoms with van der Waals surface area (Å²) in [5.74, 6) is 0.0114. The lowest BCUT2D eigenvalue weighted by Gasteiger charge is -2.20. The molecule has 2 heterocycles. The summed E-state index contributed by atoms with van der Waals surface area (Å²) in [6.45, 7) is 8.98. The average Bonchev–Trinajstić information content (AvgIpc) is 3.18. The zero-order chi connectivity index (χ0) is 20.6. The van der Waals surface area contributed by atoms with Crippen LogP contribution < -0.4 is 4.90 Å². The van der Waals surface area contributed by atoms with Gasteiger partial charge in [-0.3, -0.25) is 9.48 Å². The largest absolute Gasteiger partial charge is 0.312 e. The van der Waals surface area contributed by atoms with Gasteiger partial charge in [-0.25, -0.2) is 8.42 Å². The normalized spacial score (nSPS) is 14.0.